The van der Waals surface area contributed by atoms with Crippen LogP contribution in [0.2, 0.25) is 0 Å². The Morgan fingerprint density at radius 2 is 2.12 bits per heavy atom. The summed E-state index contributed by atoms with van der Waals surface area (Å²) in [5, 5.41) is 6.29. The lowest BCUT2D eigenvalue weighted by Crippen LogP contribution is -2.32. The Kier molecular flexibility index (Phi) is 5.69. The molecule has 25 heavy (non-hydrogen) atoms. The molecule has 0 saturated carbocycles. The number of benzene rings is 1. The van der Waals surface area contributed by atoms with Gasteiger partial charge in [-0.3, -0.25) is 0 Å². The molecule has 1 heterocycles. The van der Waals surface area contributed by atoms with Crippen molar-refractivity contribution in [1.82, 2.24) is 5.01 Å². The largest absolute Gasteiger partial charge is 0.446 e. The van der Waals surface area contributed by atoms with E-state index in [0.717, 1.165) is 37.8 Å². The first-order valence-electron chi connectivity index (χ1n) is 9.03. The number of hydrogen-bond donors (Lipinski definition) is 0. The maximum absolute atomic E-state index is 12.2. The molecule has 1 aliphatic carbocycles. The van der Waals surface area contributed by atoms with Gasteiger partial charge in [0.15, 0.2) is 0 Å². The highest BCUT2D eigenvalue weighted by Gasteiger charge is 2.34. The Labute approximate surface area is 149 Å². The molecule has 0 aromatic heterocycles. The molecule has 4 heteroatoms. The van der Waals surface area contributed by atoms with Crippen molar-refractivity contribution in [3.8, 4) is 0 Å². The zero-order chi connectivity index (χ0) is 17.6. The maximum Gasteiger partial charge on any atom is 0.430 e. The standard InChI is InChI=1S/C21H26N2O2/c1-16(2)12-13-18-10-6-7-11-20(18)22-23-19(15-25-21(23)24)14-17-8-4-3-5-9-17/h3-5,8-10,12,19H,6-7,11,13-15H2,1-2H3/b22-20+/t19-/m1/s1. The van der Waals surface area contributed by atoms with Gasteiger partial charge in [-0.2, -0.15) is 10.1 Å². The van der Waals surface area contributed by atoms with Crippen LogP contribution in [0.5, 0.6) is 0 Å². The van der Waals surface area contributed by atoms with E-state index in [-0.39, 0.29) is 12.1 Å². The topological polar surface area (TPSA) is 41.9 Å². The molecule has 1 aliphatic heterocycles. The average Bonchev–Trinajstić information content (AvgIpc) is 2.95. The van der Waals surface area contributed by atoms with Crippen LogP contribution in [0.4, 0.5) is 4.79 Å². The third kappa shape index (κ3) is 4.59. The van der Waals surface area contributed by atoms with Crippen molar-refractivity contribution in [3.05, 3.63) is 59.2 Å². The smallest absolute Gasteiger partial charge is 0.430 e. The molecule has 0 unspecified atom stereocenters. The number of allylic oxidation sites excluding steroid dienone is 4. The summed E-state index contributed by atoms with van der Waals surface area (Å²) in [6.45, 7) is 4.61. The van der Waals surface area contributed by atoms with E-state index in [9.17, 15) is 4.79 Å². The number of hydrazone groups is 1. The molecule has 1 aromatic carbocycles. The van der Waals surface area contributed by atoms with E-state index in [1.165, 1.54) is 16.7 Å². The first-order chi connectivity index (χ1) is 12.1. The van der Waals surface area contributed by atoms with Gasteiger partial charge in [0.05, 0.1) is 11.8 Å². The molecule has 0 radical (unpaired) electrons. The van der Waals surface area contributed by atoms with Crippen LogP contribution in [0.25, 0.3) is 0 Å². The number of carbonyl (C=O) groups is 1. The quantitative estimate of drug-likeness (QED) is 0.719. The van der Waals surface area contributed by atoms with E-state index in [1.807, 2.05) is 18.2 Å². The van der Waals surface area contributed by atoms with E-state index < -0.39 is 0 Å². The fourth-order valence-corrected chi connectivity index (χ4v) is 3.19. The first kappa shape index (κ1) is 17.5. The van der Waals surface area contributed by atoms with Gasteiger partial charge in [-0.15, -0.1) is 0 Å². The highest BCUT2D eigenvalue weighted by atomic mass is 16.6. The van der Waals surface area contributed by atoms with E-state index in [4.69, 9.17) is 9.84 Å². The van der Waals surface area contributed by atoms with Crippen LogP contribution in [-0.2, 0) is 11.2 Å². The van der Waals surface area contributed by atoms with Crippen molar-refractivity contribution in [2.75, 3.05) is 6.61 Å². The van der Waals surface area contributed by atoms with Crippen LogP contribution in [0.1, 0.15) is 45.1 Å². The van der Waals surface area contributed by atoms with Crippen molar-refractivity contribution in [3.63, 3.8) is 0 Å². The second-order valence-electron chi connectivity index (χ2n) is 6.92. The number of cyclic esters (lactones) is 1. The fraction of sp³-hybridized carbons (Fsp3) is 0.429. The fourth-order valence-electron chi connectivity index (χ4n) is 3.19. The summed E-state index contributed by atoms with van der Waals surface area (Å²) in [7, 11) is 0. The minimum Gasteiger partial charge on any atom is -0.446 e. The van der Waals surface area contributed by atoms with Gasteiger partial charge in [0.2, 0.25) is 0 Å². The number of hydrogen-bond acceptors (Lipinski definition) is 3. The SMILES string of the molecule is CC(C)=CCC1=CCCC/C1=N\N1C(=O)OC[C@H]1Cc1ccccc1. The Bertz CT molecular complexity index is 700. The second kappa shape index (κ2) is 8.15. The van der Waals surface area contributed by atoms with Crippen LogP contribution in [0.3, 0.4) is 0 Å². The summed E-state index contributed by atoms with van der Waals surface area (Å²) in [6, 6.07) is 10.2. The van der Waals surface area contributed by atoms with Crippen LogP contribution in [0.15, 0.2) is 58.7 Å². The minimum absolute atomic E-state index is 0.0333. The Morgan fingerprint density at radius 3 is 2.88 bits per heavy atom. The van der Waals surface area contributed by atoms with Gasteiger partial charge in [-0.1, -0.05) is 48.1 Å². The normalized spacial score (nSPS) is 21.9. The summed E-state index contributed by atoms with van der Waals surface area (Å²) in [5.74, 6) is 0. The molecular formula is C21H26N2O2. The van der Waals surface area contributed by atoms with E-state index in [1.54, 1.807) is 5.01 Å². The van der Waals surface area contributed by atoms with Gasteiger partial charge in [0.25, 0.3) is 0 Å². The number of ether oxygens (including phenoxy) is 1. The molecular weight excluding hydrogens is 312 g/mol. The molecule has 0 N–H and O–H groups in total. The Hall–Kier alpha value is -2.36. The zero-order valence-corrected chi connectivity index (χ0v) is 15.1. The molecule has 1 aromatic rings. The van der Waals surface area contributed by atoms with Gasteiger partial charge in [-0.05, 0) is 57.1 Å². The summed E-state index contributed by atoms with van der Waals surface area (Å²) in [5.41, 5.74) is 4.76. The number of carbonyl (C=O) groups excluding carboxylic acids is 1. The summed E-state index contributed by atoms with van der Waals surface area (Å²) < 4.78 is 5.27. The summed E-state index contributed by atoms with van der Waals surface area (Å²) in [4.78, 5) is 12.2. The lowest BCUT2D eigenvalue weighted by molar-refractivity contribution is 0.158. The number of rotatable bonds is 5. The lowest BCUT2D eigenvalue weighted by Gasteiger charge is -2.21. The predicted octanol–water partition coefficient (Wildman–Crippen LogP) is 4.87. The summed E-state index contributed by atoms with van der Waals surface area (Å²) >= 11 is 0. The van der Waals surface area contributed by atoms with Crippen LogP contribution in [-0.4, -0.2) is 29.5 Å². The van der Waals surface area contributed by atoms with E-state index in [0.29, 0.717) is 6.61 Å². The molecule has 3 rings (SSSR count). The van der Waals surface area contributed by atoms with Crippen molar-refractivity contribution < 1.29 is 9.53 Å². The highest BCUT2D eigenvalue weighted by Crippen LogP contribution is 2.23. The monoisotopic (exact) mass is 338 g/mol. The average molecular weight is 338 g/mol. The molecule has 0 spiro atoms. The third-order valence-corrected chi connectivity index (χ3v) is 4.58. The van der Waals surface area contributed by atoms with Gasteiger partial charge >= 0.3 is 6.09 Å². The second-order valence-corrected chi connectivity index (χ2v) is 6.92. The Morgan fingerprint density at radius 1 is 1.32 bits per heavy atom. The van der Waals surface area contributed by atoms with Crippen molar-refractivity contribution in [2.24, 2.45) is 5.10 Å². The molecule has 1 amide bonds. The third-order valence-electron chi connectivity index (χ3n) is 4.58. The van der Waals surface area contributed by atoms with Crippen molar-refractivity contribution >= 4 is 11.8 Å². The van der Waals surface area contributed by atoms with Crippen molar-refractivity contribution in [1.29, 1.82) is 0 Å². The number of nitrogens with zero attached hydrogens (tertiary/aromatic N) is 2. The van der Waals surface area contributed by atoms with Crippen molar-refractivity contribution in [2.45, 2.75) is 52.0 Å². The molecule has 132 valence electrons. The Balaban J connectivity index is 1.78. The molecule has 1 atom stereocenters. The summed E-state index contributed by atoms with van der Waals surface area (Å²) in [6.07, 6.45) is 8.88. The van der Waals surface area contributed by atoms with Crippen LogP contribution in [0, 0.1) is 0 Å². The van der Waals surface area contributed by atoms with Gasteiger partial charge in [0.1, 0.15) is 6.61 Å². The lowest BCUT2D eigenvalue weighted by atomic mass is 9.94. The van der Waals surface area contributed by atoms with Crippen LogP contribution < -0.4 is 0 Å². The van der Waals surface area contributed by atoms with E-state index >= 15 is 0 Å². The molecule has 1 fully saturated rings. The molecule has 2 aliphatic rings. The predicted molar refractivity (Wildman–Crippen MR) is 101 cm³/mol. The maximum atomic E-state index is 12.2. The van der Waals surface area contributed by atoms with Gasteiger partial charge < -0.3 is 4.74 Å². The molecule has 0 bridgehead atoms. The van der Waals surface area contributed by atoms with Gasteiger partial charge in [0, 0.05) is 0 Å². The minimum atomic E-state index is -0.333. The van der Waals surface area contributed by atoms with E-state index in [2.05, 4.69) is 38.1 Å². The zero-order valence-electron chi connectivity index (χ0n) is 15.1. The highest BCUT2D eigenvalue weighted by molar-refractivity contribution is 6.01. The molecule has 1 saturated heterocycles. The number of amides is 1. The molecule has 4 nitrogen and oxygen atoms in total. The first-order valence-corrected chi connectivity index (χ1v) is 9.03. The van der Waals surface area contributed by atoms with Crippen LogP contribution >= 0.6 is 0 Å². The van der Waals surface area contributed by atoms with Gasteiger partial charge in [-0.25, -0.2) is 4.79 Å².